The van der Waals surface area contributed by atoms with Crippen LogP contribution in [0.3, 0.4) is 0 Å². The first-order chi connectivity index (χ1) is 17.8. The number of halogens is 3. The molecule has 186 valence electrons. The molecule has 0 saturated carbocycles. The Morgan fingerprint density at radius 3 is 2.24 bits per heavy atom. The first-order valence-electron chi connectivity index (χ1n) is 10.8. The highest BCUT2D eigenvalue weighted by Gasteiger charge is 2.11. The zero-order valence-corrected chi connectivity index (χ0v) is 22.0. The van der Waals surface area contributed by atoms with E-state index in [9.17, 15) is 9.59 Å². The molecular weight excluding hydrogens is 553 g/mol. The largest absolute Gasteiger partial charge is 0.457 e. The third-order valence-electron chi connectivity index (χ3n) is 4.91. The summed E-state index contributed by atoms with van der Waals surface area (Å²) in [5.41, 5.74) is 2.18. The fourth-order valence-electron chi connectivity index (χ4n) is 3.29. The summed E-state index contributed by atoms with van der Waals surface area (Å²) in [6.07, 6.45) is 2.81. The molecule has 4 rings (SSSR count). The number of hydrogen-bond donors (Lipinski definition) is 3. The van der Waals surface area contributed by atoms with Crippen LogP contribution in [0.25, 0.3) is 17.4 Å². The molecule has 10 heteroatoms. The van der Waals surface area contributed by atoms with Crippen LogP contribution in [0.5, 0.6) is 0 Å². The molecule has 1 aromatic heterocycles. The molecule has 2 amide bonds. The van der Waals surface area contributed by atoms with Crippen LogP contribution in [0, 0.1) is 0 Å². The number of hydrogen-bond acceptors (Lipinski definition) is 4. The van der Waals surface area contributed by atoms with Crippen LogP contribution in [0.1, 0.15) is 16.1 Å². The molecule has 37 heavy (non-hydrogen) atoms. The molecule has 1 heterocycles. The SMILES string of the molecule is O=C(/C=C/c1ccc(-c2cc(Cl)cc(Cl)c2)o1)NC(=S)Nc1cccc(NC(=O)c2ccccc2Cl)c1. The zero-order chi connectivity index (χ0) is 26.4. The van der Waals surface area contributed by atoms with E-state index in [0.717, 1.165) is 5.56 Å². The summed E-state index contributed by atoms with van der Waals surface area (Å²) >= 11 is 23.4. The molecule has 0 aliphatic carbocycles. The van der Waals surface area contributed by atoms with Crippen LogP contribution >= 0.6 is 47.0 Å². The molecule has 0 unspecified atom stereocenters. The van der Waals surface area contributed by atoms with Crippen LogP contribution in [0.4, 0.5) is 11.4 Å². The van der Waals surface area contributed by atoms with Crippen molar-refractivity contribution < 1.29 is 14.0 Å². The first kappa shape index (κ1) is 26.4. The lowest BCUT2D eigenvalue weighted by Crippen LogP contribution is -2.32. The van der Waals surface area contributed by atoms with Gasteiger partial charge in [-0.05, 0) is 79.0 Å². The van der Waals surface area contributed by atoms with Gasteiger partial charge in [-0.25, -0.2) is 0 Å². The number of amides is 2. The summed E-state index contributed by atoms with van der Waals surface area (Å²) < 4.78 is 5.74. The fourth-order valence-corrected chi connectivity index (χ4v) is 4.25. The number of thiocarbonyl (C=S) groups is 1. The van der Waals surface area contributed by atoms with E-state index in [1.807, 2.05) is 0 Å². The average molecular weight is 571 g/mol. The lowest BCUT2D eigenvalue weighted by molar-refractivity contribution is -0.115. The normalized spacial score (nSPS) is 10.8. The molecule has 4 aromatic rings. The Hall–Kier alpha value is -3.62. The molecule has 3 N–H and O–H groups in total. The number of rotatable bonds is 6. The Labute approximate surface area is 233 Å². The average Bonchev–Trinajstić information content (AvgIpc) is 3.32. The summed E-state index contributed by atoms with van der Waals surface area (Å²) in [6.45, 7) is 0. The van der Waals surface area contributed by atoms with E-state index in [1.54, 1.807) is 78.9 Å². The Morgan fingerprint density at radius 2 is 1.51 bits per heavy atom. The molecule has 0 fully saturated rings. The molecule has 0 aliphatic rings. The van der Waals surface area contributed by atoms with E-state index in [4.69, 9.17) is 51.4 Å². The number of anilines is 2. The van der Waals surface area contributed by atoms with Crippen molar-refractivity contribution in [3.63, 3.8) is 0 Å². The molecule has 0 spiro atoms. The van der Waals surface area contributed by atoms with Gasteiger partial charge in [0.1, 0.15) is 11.5 Å². The Morgan fingerprint density at radius 1 is 0.811 bits per heavy atom. The summed E-state index contributed by atoms with van der Waals surface area (Å²) in [5.74, 6) is 0.220. The maximum absolute atomic E-state index is 12.5. The van der Waals surface area contributed by atoms with Gasteiger partial charge in [0, 0.05) is 33.1 Å². The highest BCUT2D eigenvalue weighted by atomic mass is 35.5. The lowest BCUT2D eigenvalue weighted by Gasteiger charge is -2.11. The quantitative estimate of drug-likeness (QED) is 0.164. The smallest absolute Gasteiger partial charge is 0.257 e. The summed E-state index contributed by atoms with van der Waals surface area (Å²) in [5, 5.41) is 9.67. The van der Waals surface area contributed by atoms with Crippen LogP contribution in [0.15, 0.2) is 89.4 Å². The van der Waals surface area contributed by atoms with Crippen molar-refractivity contribution in [2.24, 2.45) is 0 Å². The van der Waals surface area contributed by atoms with Crippen molar-refractivity contribution in [2.45, 2.75) is 0 Å². The maximum Gasteiger partial charge on any atom is 0.257 e. The van der Waals surface area contributed by atoms with Gasteiger partial charge < -0.3 is 15.1 Å². The third-order valence-corrected chi connectivity index (χ3v) is 5.88. The van der Waals surface area contributed by atoms with Gasteiger partial charge in [-0.15, -0.1) is 0 Å². The lowest BCUT2D eigenvalue weighted by atomic mass is 10.2. The van der Waals surface area contributed by atoms with Crippen LogP contribution in [0.2, 0.25) is 15.1 Å². The maximum atomic E-state index is 12.5. The second kappa shape index (κ2) is 12.1. The topological polar surface area (TPSA) is 83.4 Å². The molecule has 0 aliphatic heterocycles. The highest BCUT2D eigenvalue weighted by Crippen LogP contribution is 2.29. The van der Waals surface area contributed by atoms with E-state index in [2.05, 4.69) is 16.0 Å². The van der Waals surface area contributed by atoms with E-state index in [0.29, 0.717) is 43.5 Å². The Kier molecular flexibility index (Phi) is 8.63. The molecule has 0 radical (unpaired) electrons. The van der Waals surface area contributed by atoms with E-state index >= 15 is 0 Å². The van der Waals surface area contributed by atoms with Crippen molar-refractivity contribution in [1.29, 1.82) is 0 Å². The minimum atomic E-state index is -0.454. The van der Waals surface area contributed by atoms with Gasteiger partial charge in [0.05, 0.1) is 10.6 Å². The van der Waals surface area contributed by atoms with Gasteiger partial charge in [0.2, 0.25) is 5.91 Å². The summed E-state index contributed by atoms with van der Waals surface area (Å²) in [7, 11) is 0. The first-order valence-corrected chi connectivity index (χ1v) is 12.3. The van der Waals surface area contributed by atoms with E-state index < -0.39 is 5.91 Å². The van der Waals surface area contributed by atoms with Crippen LogP contribution < -0.4 is 16.0 Å². The fraction of sp³-hybridized carbons (Fsp3) is 0. The van der Waals surface area contributed by atoms with Gasteiger partial charge in [0.15, 0.2) is 5.11 Å². The summed E-state index contributed by atoms with van der Waals surface area (Å²) in [6, 6.07) is 22.2. The van der Waals surface area contributed by atoms with Crippen molar-refractivity contribution in [3.8, 4) is 11.3 Å². The monoisotopic (exact) mass is 569 g/mol. The number of carbonyl (C=O) groups excluding carboxylic acids is 2. The molecule has 0 atom stereocenters. The predicted octanol–water partition coefficient (Wildman–Crippen LogP) is 7.69. The van der Waals surface area contributed by atoms with Crippen molar-refractivity contribution in [3.05, 3.63) is 111 Å². The van der Waals surface area contributed by atoms with Crippen molar-refractivity contribution in [1.82, 2.24) is 5.32 Å². The van der Waals surface area contributed by atoms with Gasteiger partial charge >= 0.3 is 0 Å². The van der Waals surface area contributed by atoms with Crippen molar-refractivity contribution in [2.75, 3.05) is 10.6 Å². The van der Waals surface area contributed by atoms with E-state index in [-0.39, 0.29) is 11.0 Å². The molecular formula is C27H18Cl3N3O3S. The standard InChI is InChI=1S/C27H18Cl3N3O3S/c28-17-12-16(13-18(29)14-17)24-10-8-21(36-24)9-11-25(34)33-27(37)32-20-5-3-4-19(15-20)31-26(35)22-6-1-2-7-23(22)30/h1-15H,(H,31,35)(H2,32,33,34,37)/b11-9+. The molecule has 0 saturated heterocycles. The van der Waals surface area contributed by atoms with Gasteiger partial charge in [-0.2, -0.15) is 0 Å². The second-order valence-electron chi connectivity index (χ2n) is 7.65. The Balaban J connectivity index is 1.32. The van der Waals surface area contributed by atoms with Crippen molar-refractivity contribution >= 4 is 81.4 Å². The minimum absolute atomic E-state index is 0.0814. The molecule has 0 bridgehead atoms. The summed E-state index contributed by atoms with van der Waals surface area (Å²) in [4.78, 5) is 24.8. The van der Waals surface area contributed by atoms with Gasteiger partial charge in [0.25, 0.3) is 5.91 Å². The number of nitrogens with one attached hydrogen (secondary N) is 3. The van der Waals surface area contributed by atoms with Gasteiger partial charge in [-0.3, -0.25) is 14.9 Å². The Bertz CT molecular complexity index is 1500. The zero-order valence-electron chi connectivity index (χ0n) is 18.9. The number of carbonyl (C=O) groups is 2. The second-order valence-corrected chi connectivity index (χ2v) is 9.34. The van der Waals surface area contributed by atoms with Crippen LogP contribution in [-0.2, 0) is 4.79 Å². The minimum Gasteiger partial charge on any atom is -0.457 e. The number of furan rings is 1. The van der Waals surface area contributed by atoms with Gasteiger partial charge in [-0.1, -0.05) is 53.0 Å². The molecule has 6 nitrogen and oxygen atoms in total. The highest BCUT2D eigenvalue weighted by molar-refractivity contribution is 7.80. The predicted molar refractivity (Wildman–Crippen MR) is 153 cm³/mol. The van der Waals surface area contributed by atoms with E-state index in [1.165, 1.54) is 12.2 Å². The van der Waals surface area contributed by atoms with Crippen LogP contribution in [-0.4, -0.2) is 16.9 Å². The molecule has 3 aromatic carbocycles. The third kappa shape index (κ3) is 7.44. The number of benzene rings is 3.